The summed E-state index contributed by atoms with van der Waals surface area (Å²) in [5.74, 6) is -0.809. The lowest BCUT2D eigenvalue weighted by Gasteiger charge is -2.33. The number of nitrogens with zero attached hydrogens (tertiary/aromatic N) is 1. The largest absolute Gasteiger partial charge is 0.465 e. The first kappa shape index (κ1) is 18.0. The van der Waals surface area contributed by atoms with Crippen LogP contribution in [0.4, 0.5) is 5.69 Å². The number of benzene rings is 1. The van der Waals surface area contributed by atoms with Gasteiger partial charge in [-0.15, -0.1) is 0 Å². The molecule has 6 heteroatoms. The summed E-state index contributed by atoms with van der Waals surface area (Å²) in [6, 6.07) is 6.69. The van der Waals surface area contributed by atoms with E-state index in [1.165, 1.54) is 20.5 Å². The van der Waals surface area contributed by atoms with Crippen molar-refractivity contribution in [2.24, 2.45) is 0 Å². The summed E-state index contributed by atoms with van der Waals surface area (Å²) < 4.78 is 4.67. The van der Waals surface area contributed by atoms with E-state index in [9.17, 15) is 14.4 Å². The first-order valence-corrected chi connectivity index (χ1v) is 8.26. The number of hydrogen-bond donors (Lipinski definition) is 1. The van der Waals surface area contributed by atoms with Crippen molar-refractivity contribution in [1.29, 1.82) is 0 Å². The van der Waals surface area contributed by atoms with Crippen LogP contribution in [-0.2, 0) is 14.3 Å². The molecule has 1 aliphatic rings. The van der Waals surface area contributed by atoms with Gasteiger partial charge in [-0.2, -0.15) is 0 Å². The second kappa shape index (κ2) is 8.47. The summed E-state index contributed by atoms with van der Waals surface area (Å²) in [5, 5.41) is 2.75. The molecule has 0 saturated heterocycles. The van der Waals surface area contributed by atoms with Crippen LogP contribution in [0.5, 0.6) is 0 Å². The standard InChI is InChI=1S/C18H24N2O4/c1-13(21)20(16-9-4-3-5-10-16)12-17(22)19-15-8-6-7-14(11-15)18(23)24-2/h6-8,11,16H,3-5,9-10,12H2,1-2H3,(H,19,22). The van der Waals surface area contributed by atoms with E-state index in [0.29, 0.717) is 11.3 Å². The van der Waals surface area contributed by atoms with Gasteiger partial charge in [-0.1, -0.05) is 25.3 Å². The van der Waals surface area contributed by atoms with E-state index in [4.69, 9.17) is 0 Å². The van der Waals surface area contributed by atoms with Crippen LogP contribution < -0.4 is 5.32 Å². The van der Waals surface area contributed by atoms with Gasteiger partial charge in [-0.05, 0) is 31.0 Å². The van der Waals surface area contributed by atoms with Crippen LogP contribution in [0.1, 0.15) is 49.4 Å². The van der Waals surface area contributed by atoms with Crippen molar-refractivity contribution in [3.63, 3.8) is 0 Å². The SMILES string of the molecule is COC(=O)c1cccc(NC(=O)CN(C(C)=O)C2CCCCC2)c1. The normalized spacial score (nSPS) is 14.8. The van der Waals surface area contributed by atoms with E-state index in [0.717, 1.165) is 25.7 Å². The fraction of sp³-hybridized carbons (Fsp3) is 0.500. The van der Waals surface area contributed by atoms with Crippen molar-refractivity contribution in [1.82, 2.24) is 4.90 Å². The zero-order valence-electron chi connectivity index (χ0n) is 14.2. The lowest BCUT2D eigenvalue weighted by molar-refractivity contribution is -0.135. The fourth-order valence-electron chi connectivity index (χ4n) is 3.09. The zero-order chi connectivity index (χ0) is 17.5. The van der Waals surface area contributed by atoms with Gasteiger partial charge in [0.05, 0.1) is 12.7 Å². The molecular formula is C18H24N2O4. The lowest BCUT2D eigenvalue weighted by atomic mass is 9.94. The van der Waals surface area contributed by atoms with Crippen molar-refractivity contribution in [2.75, 3.05) is 19.0 Å². The van der Waals surface area contributed by atoms with Gasteiger partial charge in [0.1, 0.15) is 6.54 Å². The number of rotatable bonds is 5. The molecule has 0 atom stereocenters. The minimum Gasteiger partial charge on any atom is -0.465 e. The van der Waals surface area contributed by atoms with Gasteiger partial charge in [0.25, 0.3) is 0 Å². The van der Waals surface area contributed by atoms with E-state index in [-0.39, 0.29) is 24.4 Å². The Bertz CT molecular complexity index is 609. The Balaban J connectivity index is 2.00. The third-order valence-electron chi connectivity index (χ3n) is 4.30. The van der Waals surface area contributed by atoms with Gasteiger partial charge >= 0.3 is 5.97 Å². The van der Waals surface area contributed by atoms with E-state index in [1.807, 2.05) is 0 Å². The molecule has 0 bridgehead atoms. The van der Waals surface area contributed by atoms with Crippen LogP contribution in [0.15, 0.2) is 24.3 Å². The molecule has 0 heterocycles. The molecule has 130 valence electrons. The summed E-state index contributed by atoms with van der Waals surface area (Å²) in [6.45, 7) is 1.53. The Morgan fingerprint density at radius 2 is 1.92 bits per heavy atom. The van der Waals surface area contributed by atoms with Crippen LogP contribution >= 0.6 is 0 Å². The molecule has 0 aromatic heterocycles. The fourth-order valence-corrected chi connectivity index (χ4v) is 3.09. The van der Waals surface area contributed by atoms with Gasteiger partial charge in [0, 0.05) is 18.7 Å². The Hall–Kier alpha value is -2.37. The Kier molecular flexibility index (Phi) is 6.35. The van der Waals surface area contributed by atoms with Crippen LogP contribution in [0.25, 0.3) is 0 Å². The predicted molar refractivity (Wildman–Crippen MR) is 90.7 cm³/mol. The van der Waals surface area contributed by atoms with Crippen molar-refractivity contribution in [2.45, 2.75) is 45.1 Å². The van der Waals surface area contributed by atoms with Crippen LogP contribution in [-0.4, -0.2) is 42.4 Å². The molecule has 0 spiro atoms. The topological polar surface area (TPSA) is 75.7 Å². The lowest BCUT2D eigenvalue weighted by Crippen LogP contribution is -2.44. The minimum absolute atomic E-state index is 0.0302. The molecule has 0 unspecified atom stereocenters. The van der Waals surface area contributed by atoms with Crippen LogP contribution in [0.2, 0.25) is 0 Å². The highest BCUT2D eigenvalue weighted by Gasteiger charge is 2.25. The molecule has 1 N–H and O–H groups in total. The number of carbonyl (C=O) groups excluding carboxylic acids is 3. The number of esters is 1. The Morgan fingerprint density at radius 3 is 2.54 bits per heavy atom. The van der Waals surface area contributed by atoms with Gasteiger partial charge < -0.3 is 15.0 Å². The van der Waals surface area contributed by atoms with Gasteiger partial charge in [0.15, 0.2) is 0 Å². The quantitative estimate of drug-likeness (QED) is 0.841. The molecule has 2 amide bonds. The number of methoxy groups -OCH3 is 1. The average Bonchev–Trinajstić information content (AvgIpc) is 2.59. The third kappa shape index (κ3) is 4.81. The molecular weight excluding hydrogens is 308 g/mol. The molecule has 1 aromatic rings. The van der Waals surface area contributed by atoms with Gasteiger partial charge in [-0.25, -0.2) is 4.79 Å². The zero-order valence-corrected chi connectivity index (χ0v) is 14.2. The smallest absolute Gasteiger partial charge is 0.337 e. The molecule has 6 nitrogen and oxygen atoms in total. The highest BCUT2D eigenvalue weighted by Crippen LogP contribution is 2.22. The molecule has 1 saturated carbocycles. The molecule has 24 heavy (non-hydrogen) atoms. The number of ether oxygens (including phenoxy) is 1. The maximum absolute atomic E-state index is 12.3. The van der Waals surface area contributed by atoms with Crippen molar-refractivity contribution >= 4 is 23.5 Å². The first-order chi connectivity index (χ1) is 11.5. The molecule has 1 fully saturated rings. The molecule has 2 rings (SSSR count). The van der Waals surface area contributed by atoms with E-state index in [2.05, 4.69) is 10.1 Å². The van der Waals surface area contributed by atoms with Crippen LogP contribution in [0.3, 0.4) is 0 Å². The Labute approximate surface area is 142 Å². The number of carbonyl (C=O) groups is 3. The van der Waals surface area contributed by atoms with E-state index < -0.39 is 5.97 Å². The van der Waals surface area contributed by atoms with Gasteiger partial charge in [-0.3, -0.25) is 9.59 Å². The summed E-state index contributed by atoms with van der Waals surface area (Å²) in [4.78, 5) is 37.4. The second-order valence-electron chi connectivity index (χ2n) is 6.06. The molecule has 0 radical (unpaired) electrons. The molecule has 1 aromatic carbocycles. The van der Waals surface area contributed by atoms with Gasteiger partial charge in [0.2, 0.25) is 11.8 Å². The summed E-state index contributed by atoms with van der Waals surface area (Å²) in [6.07, 6.45) is 5.28. The Morgan fingerprint density at radius 1 is 1.21 bits per heavy atom. The summed E-state index contributed by atoms with van der Waals surface area (Å²) in [7, 11) is 1.31. The predicted octanol–water partition coefficient (Wildman–Crippen LogP) is 2.59. The average molecular weight is 332 g/mol. The van der Waals surface area contributed by atoms with E-state index in [1.54, 1.807) is 29.2 Å². The number of nitrogens with one attached hydrogen (secondary N) is 1. The summed E-state index contributed by atoms with van der Waals surface area (Å²) in [5.41, 5.74) is 0.876. The van der Waals surface area contributed by atoms with Crippen LogP contribution in [0, 0.1) is 0 Å². The highest BCUT2D eigenvalue weighted by molar-refractivity contribution is 5.96. The van der Waals surface area contributed by atoms with E-state index >= 15 is 0 Å². The second-order valence-corrected chi connectivity index (χ2v) is 6.06. The maximum atomic E-state index is 12.3. The third-order valence-corrected chi connectivity index (χ3v) is 4.30. The van der Waals surface area contributed by atoms with Crippen molar-refractivity contribution in [3.8, 4) is 0 Å². The first-order valence-electron chi connectivity index (χ1n) is 8.26. The number of anilines is 1. The molecule has 1 aliphatic carbocycles. The highest BCUT2D eigenvalue weighted by atomic mass is 16.5. The minimum atomic E-state index is -0.460. The monoisotopic (exact) mass is 332 g/mol. The maximum Gasteiger partial charge on any atom is 0.337 e. The number of hydrogen-bond acceptors (Lipinski definition) is 4. The van der Waals surface area contributed by atoms with Crippen molar-refractivity contribution < 1.29 is 19.1 Å². The summed E-state index contributed by atoms with van der Waals surface area (Å²) >= 11 is 0. The van der Waals surface area contributed by atoms with Crippen molar-refractivity contribution in [3.05, 3.63) is 29.8 Å². The molecule has 0 aliphatic heterocycles. The number of amides is 2.